The fourth-order valence-corrected chi connectivity index (χ4v) is 2.77. The maximum absolute atomic E-state index is 6.45. The van der Waals surface area contributed by atoms with Crippen molar-refractivity contribution in [2.75, 3.05) is 6.61 Å². The molecule has 0 bridgehead atoms. The third-order valence-corrected chi connectivity index (χ3v) is 3.92. The van der Waals surface area contributed by atoms with E-state index in [9.17, 15) is 0 Å². The highest BCUT2D eigenvalue weighted by Gasteiger charge is 2.37. The summed E-state index contributed by atoms with van der Waals surface area (Å²) >= 11 is 0. The first-order chi connectivity index (χ1) is 8.71. The summed E-state index contributed by atoms with van der Waals surface area (Å²) in [7, 11) is 0. The Bertz CT molecular complexity index is 556. The number of rotatable bonds is 2. The predicted molar refractivity (Wildman–Crippen MR) is 72.3 cm³/mol. The Balaban J connectivity index is 2.08. The molecule has 2 aromatic rings. The average molecular weight is 242 g/mol. The molecule has 0 radical (unpaired) electrons. The summed E-state index contributed by atoms with van der Waals surface area (Å²) in [6.45, 7) is 2.92. The van der Waals surface area contributed by atoms with Gasteiger partial charge in [0.05, 0.1) is 17.2 Å². The number of pyridine rings is 1. The van der Waals surface area contributed by atoms with Gasteiger partial charge in [0, 0.05) is 18.2 Å². The summed E-state index contributed by atoms with van der Waals surface area (Å²) in [5.74, 6) is 0. The Morgan fingerprint density at radius 3 is 3.00 bits per heavy atom. The topological polar surface area (TPSA) is 48.1 Å². The van der Waals surface area contributed by atoms with Crippen LogP contribution in [-0.2, 0) is 4.74 Å². The normalized spacial score (nSPS) is 25.4. The molecule has 3 rings (SSSR count). The molecule has 18 heavy (non-hydrogen) atoms. The number of fused-ring (bicyclic) bond motifs is 1. The fraction of sp³-hybridized carbons (Fsp3) is 0.400. The third kappa shape index (κ3) is 1.80. The minimum Gasteiger partial charge on any atom is -0.373 e. The molecule has 3 heteroatoms. The lowest BCUT2D eigenvalue weighted by Gasteiger charge is -2.31. The van der Waals surface area contributed by atoms with Gasteiger partial charge in [-0.05, 0) is 37.5 Å². The van der Waals surface area contributed by atoms with Gasteiger partial charge in [0.15, 0.2) is 0 Å². The number of ether oxygens (including phenoxy) is 1. The van der Waals surface area contributed by atoms with E-state index in [-0.39, 0.29) is 11.6 Å². The fourth-order valence-electron chi connectivity index (χ4n) is 2.77. The molecule has 2 atom stereocenters. The first-order valence-corrected chi connectivity index (χ1v) is 6.44. The zero-order chi connectivity index (χ0) is 12.6. The van der Waals surface area contributed by atoms with Crippen LogP contribution in [0.1, 0.15) is 31.4 Å². The first kappa shape index (κ1) is 11.6. The van der Waals surface area contributed by atoms with E-state index in [4.69, 9.17) is 10.5 Å². The van der Waals surface area contributed by atoms with Crippen molar-refractivity contribution in [1.82, 2.24) is 4.98 Å². The summed E-state index contributed by atoms with van der Waals surface area (Å²) in [4.78, 5) is 4.38. The Labute approximate surface area is 107 Å². The average Bonchev–Trinajstić information content (AvgIpc) is 2.85. The van der Waals surface area contributed by atoms with Gasteiger partial charge >= 0.3 is 0 Å². The van der Waals surface area contributed by atoms with Gasteiger partial charge in [-0.1, -0.05) is 18.2 Å². The Hall–Kier alpha value is -1.45. The highest BCUT2D eigenvalue weighted by molar-refractivity contribution is 5.82. The van der Waals surface area contributed by atoms with Crippen molar-refractivity contribution in [3.63, 3.8) is 0 Å². The summed E-state index contributed by atoms with van der Waals surface area (Å²) < 4.78 is 5.86. The molecule has 2 unspecified atom stereocenters. The molecule has 0 amide bonds. The number of nitrogens with zero attached hydrogens (tertiary/aromatic N) is 1. The predicted octanol–water partition coefficient (Wildman–Crippen LogP) is 2.80. The molecule has 0 saturated carbocycles. The van der Waals surface area contributed by atoms with Crippen LogP contribution in [0.2, 0.25) is 0 Å². The Morgan fingerprint density at radius 2 is 2.22 bits per heavy atom. The van der Waals surface area contributed by atoms with Crippen molar-refractivity contribution in [2.24, 2.45) is 5.73 Å². The number of hydrogen-bond acceptors (Lipinski definition) is 3. The van der Waals surface area contributed by atoms with Crippen LogP contribution >= 0.6 is 0 Å². The van der Waals surface area contributed by atoms with Crippen molar-refractivity contribution in [3.8, 4) is 0 Å². The molecule has 1 aromatic carbocycles. The number of hydrogen-bond donors (Lipinski definition) is 1. The lowest BCUT2D eigenvalue weighted by molar-refractivity contribution is -0.00139. The zero-order valence-corrected chi connectivity index (χ0v) is 10.6. The monoisotopic (exact) mass is 242 g/mol. The highest BCUT2D eigenvalue weighted by Crippen LogP contribution is 2.37. The van der Waals surface area contributed by atoms with Gasteiger partial charge in [-0.2, -0.15) is 0 Å². The van der Waals surface area contributed by atoms with Gasteiger partial charge in [-0.25, -0.2) is 0 Å². The van der Waals surface area contributed by atoms with E-state index in [1.165, 1.54) is 0 Å². The van der Waals surface area contributed by atoms with Gasteiger partial charge in [0.25, 0.3) is 0 Å². The largest absolute Gasteiger partial charge is 0.373 e. The number of aromatic nitrogens is 1. The van der Waals surface area contributed by atoms with Crippen molar-refractivity contribution >= 4 is 10.9 Å². The molecule has 2 heterocycles. The van der Waals surface area contributed by atoms with Crippen LogP contribution in [0.25, 0.3) is 10.9 Å². The van der Waals surface area contributed by atoms with E-state index >= 15 is 0 Å². The molecule has 1 aromatic heterocycles. The molecule has 1 fully saturated rings. The minimum absolute atomic E-state index is 0.104. The zero-order valence-electron chi connectivity index (χ0n) is 10.6. The molecule has 0 spiro atoms. The van der Waals surface area contributed by atoms with E-state index in [1.807, 2.05) is 24.4 Å². The number of benzene rings is 1. The second-order valence-corrected chi connectivity index (χ2v) is 5.16. The van der Waals surface area contributed by atoms with E-state index in [0.717, 1.165) is 35.9 Å². The molecule has 94 valence electrons. The van der Waals surface area contributed by atoms with Crippen LogP contribution in [0.5, 0.6) is 0 Å². The molecule has 1 saturated heterocycles. The molecule has 1 aliphatic heterocycles. The molecule has 2 N–H and O–H groups in total. The number of nitrogens with two attached hydrogens (primary N) is 1. The van der Waals surface area contributed by atoms with E-state index in [0.29, 0.717) is 0 Å². The van der Waals surface area contributed by atoms with Gasteiger partial charge in [0.1, 0.15) is 0 Å². The van der Waals surface area contributed by atoms with E-state index in [2.05, 4.69) is 24.0 Å². The van der Waals surface area contributed by atoms with Crippen LogP contribution < -0.4 is 5.73 Å². The quantitative estimate of drug-likeness (QED) is 0.881. The molecule has 3 nitrogen and oxygen atoms in total. The summed E-state index contributed by atoms with van der Waals surface area (Å²) in [6.07, 6.45) is 3.92. The molecular weight excluding hydrogens is 224 g/mol. The second kappa shape index (κ2) is 4.34. The van der Waals surface area contributed by atoms with Gasteiger partial charge in [0.2, 0.25) is 0 Å². The van der Waals surface area contributed by atoms with E-state index in [1.54, 1.807) is 0 Å². The van der Waals surface area contributed by atoms with Crippen LogP contribution in [0.4, 0.5) is 0 Å². The summed E-state index contributed by atoms with van der Waals surface area (Å²) in [5, 5.41) is 1.13. The first-order valence-electron chi connectivity index (χ1n) is 6.44. The van der Waals surface area contributed by atoms with Gasteiger partial charge in [-0.3, -0.25) is 4.98 Å². The smallest absolute Gasteiger partial charge is 0.0847 e. The van der Waals surface area contributed by atoms with E-state index < -0.39 is 0 Å². The SMILES string of the molecule is CC1(C(N)c2cccc3ncccc23)CCCO1. The summed E-state index contributed by atoms with van der Waals surface area (Å²) in [6, 6.07) is 10.0. The van der Waals surface area contributed by atoms with Crippen molar-refractivity contribution < 1.29 is 4.74 Å². The highest BCUT2D eigenvalue weighted by atomic mass is 16.5. The molecular formula is C15H18N2O. The van der Waals surface area contributed by atoms with Crippen LogP contribution in [0, 0.1) is 0 Å². The van der Waals surface area contributed by atoms with Crippen molar-refractivity contribution in [3.05, 3.63) is 42.1 Å². The summed E-state index contributed by atoms with van der Waals surface area (Å²) in [5.41, 5.74) is 8.32. The third-order valence-electron chi connectivity index (χ3n) is 3.92. The maximum atomic E-state index is 6.45. The molecule has 1 aliphatic rings. The van der Waals surface area contributed by atoms with Crippen molar-refractivity contribution in [2.45, 2.75) is 31.4 Å². The Kier molecular flexibility index (Phi) is 2.80. The van der Waals surface area contributed by atoms with Crippen LogP contribution in [0.15, 0.2) is 36.5 Å². The van der Waals surface area contributed by atoms with Gasteiger partial charge < -0.3 is 10.5 Å². The molecule has 0 aliphatic carbocycles. The maximum Gasteiger partial charge on any atom is 0.0847 e. The lowest BCUT2D eigenvalue weighted by Crippen LogP contribution is -2.37. The lowest BCUT2D eigenvalue weighted by atomic mass is 9.87. The Morgan fingerprint density at radius 1 is 1.33 bits per heavy atom. The van der Waals surface area contributed by atoms with Crippen LogP contribution in [0.3, 0.4) is 0 Å². The van der Waals surface area contributed by atoms with Crippen molar-refractivity contribution in [1.29, 1.82) is 0 Å². The van der Waals surface area contributed by atoms with Crippen LogP contribution in [-0.4, -0.2) is 17.2 Å². The standard InChI is InChI=1S/C15H18N2O/c1-15(8-4-10-18-15)14(16)12-5-2-7-13-11(12)6-3-9-17-13/h2-3,5-7,9,14H,4,8,10,16H2,1H3. The minimum atomic E-state index is -0.246. The van der Waals surface area contributed by atoms with Gasteiger partial charge in [-0.15, -0.1) is 0 Å². The second-order valence-electron chi connectivity index (χ2n) is 5.16.